The van der Waals surface area contributed by atoms with Crippen LogP contribution in [0, 0.1) is 0 Å². The highest BCUT2D eigenvalue weighted by Gasteiger charge is 2.16. The van der Waals surface area contributed by atoms with Gasteiger partial charge >= 0.3 is 0 Å². The van der Waals surface area contributed by atoms with Crippen molar-refractivity contribution in [1.29, 1.82) is 0 Å². The Morgan fingerprint density at radius 2 is 1.61 bits per heavy atom. The highest BCUT2D eigenvalue weighted by molar-refractivity contribution is 5.44. The van der Waals surface area contributed by atoms with E-state index in [0.717, 1.165) is 5.69 Å². The Kier molecular flexibility index (Phi) is 6.67. The van der Waals surface area contributed by atoms with Gasteiger partial charge in [-0.05, 0) is 19.1 Å². The van der Waals surface area contributed by atoms with Gasteiger partial charge in [0.1, 0.15) is 0 Å². The first kappa shape index (κ1) is 14.9. The summed E-state index contributed by atoms with van der Waals surface area (Å²) >= 11 is 0. The van der Waals surface area contributed by atoms with E-state index in [9.17, 15) is 5.11 Å². The minimum Gasteiger partial charge on any atom is -0.395 e. The first-order valence-electron chi connectivity index (χ1n) is 6.16. The van der Waals surface area contributed by atoms with Crippen molar-refractivity contribution in [1.82, 2.24) is 5.01 Å². The molecule has 1 aromatic rings. The van der Waals surface area contributed by atoms with Crippen molar-refractivity contribution in [2.75, 3.05) is 37.9 Å². The molecule has 1 aromatic carbocycles. The van der Waals surface area contributed by atoms with Crippen LogP contribution in [0.3, 0.4) is 0 Å². The van der Waals surface area contributed by atoms with Crippen LogP contribution < -0.4 is 5.01 Å². The van der Waals surface area contributed by atoms with Crippen molar-refractivity contribution in [3.05, 3.63) is 30.3 Å². The quantitative estimate of drug-likeness (QED) is 0.573. The van der Waals surface area contributed by atoms with E-state index in [1.807, 2.05) is 40.3 Å². The lowest BCUT2D eigenvalue weighted by Gasteiger charge is -2.37. The predicted molar refractivity (Wildman–Crippen MR) is 71.2 cm³/mol. The van der Waals surface area contributed by atoms with Crippen molar-refractivity contribution in [3.63, 3.8) is 0 Å². The van der Waals surface area contributed by atoms with Gasteiger partial charge in [-0.2, -0.15) is 0 Å². The van der Waals surface area contributed by atoms with Gasteiger partial charge in [-0.1, -0.05) is 18.2 Å². The largest absolute Gasteiger partial charge is 0.395 e. The van der Waals surface area contributed by atoms with E-state index in [1.54, 1.807) is 6.92 Å². The third-order valence-electron chi connectivity index (χ3n) is 2.55. The van der Waals surface area contributed by atoms with Crippen molar-refractivity contribution >= 4 is 5.69 Å². The predicted octanol–water partition coefficient (Wildman–Crippen LogP) is 0.0754. The molecule has 0 aliphatic rings. The summed E-state index contributed by atoms with van der Waals surface area (Å²) in [6.07, 6.45) is -0.495. The monoisotopic (exact) mass is 254 g/mol. The van der Waals surface area contributed by atoms with Crippen LogP contribution >= 0.6 is 0 Å². The van der Waals surface area contributed by atoms with Crippen molar-refractivity contribution < 1.29 is 15.3 Å². The van der Waals surface area contributed by atoms with Gasteiger partial charge in [0.2, 0.25) is 0 Å². The van der Waals surface area contributed by atoms with Gasteiger partial charge in [-0.25, -0.2) is 5.01 Å². The molecule has 0 aliphatic carbocycles. The van der Waals surface area contributed by atoms with Gasteiger partial charge in [0.15, 0.2) is 0 Å². The number of aliphatic hydroxyl groups excluding tert-OH is 3. The SMILES string of the molecule is CC(O)CN(c1ccccc1)N(CCO)CCO. The lowest BCUT2D eigenvalue weighted by molar-refractivity contribution is 0.123. The molecule has 0 aromatic heterocycles. The number of anilines is 1. The molecule has 0 saturated carbocycles. The van der Waals surface area contributed by atoms with E-state index in [0.29, 0.717) is 19.6 Å². The normalized spacial score (nSPS) is 12.7. The van der Waals surface area contributed by atoms with E-state index < -0.39 is 6.10 Å². The maximum atomic E-state index is 9.58. The fourth-order valence-corrected chi connectivity index (χ4v) is 1.82. The number of nitrogens with zero attached hydrogens (tertiary/aromatic N) is 2. The molecule has 0 aliphatic heterocycles. The molecule has 0 saturated heterocycles. The number of hydrogen-bond acceptors (Lipinski definition) is 5. The molecule has 0 fully saturated rings. The van der Waals surface area contributed by atoms with Crippen molar-refractivity contribution in [2.24, 2.45) is 0 Å². The average Bonchev–Trinajstić information content (AvgIpc) is 2.37. The molecule has 1 atom stereocenters. The lowest BCUT2D eigenvalue weighted by atomic mass is 10.3. The fraction of sp³-hybridized carbons (Fsp3) is 0.538. The number of hydrogen-bond donors (Lipinski definition) is 3. The first-order valence-corrected chi connectivity index (χ1v) is 6.16. The molecule has 1 unspecified atom stereocenters. The molecule has 0 bridgehead atoms. The van der Waals surface area contributed by atoms with Gasteiger partial charge in [0.25, 0.3) is 0 Å². The number of para-hydroxylation sites is 1. The van der Waals surface area contributed by atoms with Gasteiger partial charge in [0, 0.05) is 13.1 Å². The highest BCUT2D eigenvalue weighted by atomic mass is 16.3. The number of aliphatic hydroxyl groups is 3. The van der Waals surface area contributed by atoms with Crippen LogP contribution in [-0.2, 0) is 0 Å². The maximum absolute atomic E-state index is 9.58. The van der Waals surface area contributed by atoms with Gasteiger partial charge in [0.05, 0.1) is 31.5 Å². The molecule has 5 heteroatoms. The Morgan fingerprint density at radius 3 is 2.06 bits per heavy atom. The van der Waals surface area contributed by atoms with E-state index >= 15 is 0 Å². The standard InChI is InChI=1S/C13H22N2O3/c1-12(18)11-15(13-5-3-2-4-6-13)14(7-9-16)8-10-17/h2-6,12,16-18H,7-11H2,1H3. The van der Waals surface area contributed by atoms with Crippen LogP contribution in [-0.4, -0.2) is 59.3 Å². The summed E-state index contributed by atoms with van der Waals surface area (Å²) in [5, 5.41) is 31.5. The highest BCUT2D eigenvalue weighted by Crippen LogP contribution is 2.16. The van der Waals surface area contributed by atoms with Gasteiger partial charge in [-0.15, -0.1) is 0 Å². The topological polar surface area (TPSA) is 67.2 Å². The van der Waals surface area contributed by atoms with E-state index in [2.05, 4.69) is 0 Å². The third kappa shape index (κ3) is 4.62. The Labute approximate surface area is 108 Å². The Bertz CT molecular complexity index is 313. The van der Waals surface area contributed by atoms with Crippen LogP contribution in [0.2, 0.25) is 0 Å². The summed E-state index contributed by atoms with van der Waals surface area (Å²) < 4.78 is 0. The minimum absolute atomic E-state index is 0.00312. The molecule has 1 rings (SSSR count). The van der Waals surface area contributed by atoms with Crippen LogP contribution in [0.5, 0.6) is 0 Å². The van der Waals surface area contributed by atoms with Crippen LogP contribution in [0.1, 0.15) is 6.92 Å². The number of rotatable bonds is 8. The van der Waals surface area contributed by atoms with E-state index in [4.69, 9.17) is 10.2 Å². The minimum atomic E-state index is -0.495. The molecule has 0 heterocycles. The Balaban J connectivity index is 2.87. The second-order valence-corrected chi connectivity index (χ2v) is 4.17. The summed E-state index contributed by atoms with van der Waals surface area (Å²) in [4.78, 5) is 0. The summed E-state index contributed by atoms with van der Waals surface area (Å²) in [5.74, 6) is 0. The molecular weight excluding hydrogens is 232 g/mol. The molecule has 0 spiro atoms. The second-order valence-electron chi connectivity index (χ2n) is 4.17. The molecule has 0 radical (unpaired) electrons. The van der Waals surface area contributed by atoms with Gasteiger partial charge < -0.3 is 20.3 Å². The maximum Gasteiger partial charge on any atom is 0.0702 e. The van der Waals surface area contributed by atoms with Crippen molar-refractivity contribution in [3.8, 4) is 0 Å². The molecule has 3 N–H and O–H groups in total. The summed E-state index contributed by atoms with van der Waals surface area (Å²) in [6, 6.07) is 9.63. The molecular formula is C13H22N2O3. The first-order chi connectivity index (χ1) is 8.69. The zero-order valence-electron chi connectivity index (χ0n) is 10.7. The number of benzene rings is 1. The molecule has 102 valence electrons. The van der Waals surface area contributed by atoms with Gasteiger partial charge in [-0.3, -0.25) is 0 Å². The summed E-state index contributed by atoms with van der Waals surface area (Å²) in [7, 11) is 0. The van der Waals surface area contributed by atoms with E-state index in [-0.39, 0.29) is 13.2 Å². The molecule has 18 heavy (non-hydrogen) atoms. The third-order valence-corrected chi connectivity index (χ3v) is 2.55. The number of hydrazine groups is 1. The van der Waals surface area contributed by atoms with Crippen LogP contribution in [0.25, 0.3) is 0 Å². The lowest BCUT2D eigenvalue weighted by Crippen LogP contribution is -2.48. The molecule has 5 nitrogen and oxygen atoms in total. The van der Waals surface area contributed by atoms with Crippen LogP contribution in [0.15, 0.2) is 30.3 Å². The van der Waals surface area contributed by atoms with Crippen molar-refractivity contribution in [2.45, 2.75) is 13.0 Å². The molecule has 0 amide bonds. The summed E-state index contributed by atoms with van der Waals surface area (Å²) in [6.45, 7) is 2.98. The summed E-state index contributed by atoms with van der Waals surface area (Å²) in [5.41, 5.74) is 0.931. The van der Waals surface area contributed by atoms with E-state index in [1.165, 1.54) is 0 Å². The zero-order chi connectivity index (χ0) is 13.4. The van der Waals surface area contributed by atoms with Crippen LogP contribution in [0.4, 0.5) is 5.69 Å². The average molecular weight is 254 g/mol. The Morgan fingerprint density at radius 1 is 1.06 bits per heavy atom. The smallest absolute Gasteiger partial charge is 0.0702 e. The zero-order valence-corrected chi connectivity index (χ0v) is 10.7. The second kappa shape index (κ2) is 8.05. The fourth-order valence-electron chi connectivity index (χ4n) is 1.82. The Hall–Kier alpha value is -1.14.